The molecule has 0 N–H and O–H groups in total. The summed E-state index contributed by atoms with van der Waals surface area (Å²) in [5.74, 6) is 0. The molecule has 3 rings (SSSR count). The number of ether oxygens (including phenoxy) is 1. The standard InChI is InChI=1S/C18H18N6O5S2/c1-11(25)31-15-6-16(17-21-13(10-30-17)7-20-22-19)23(8-15)18(26)29-9-12-2-4-14(5-3-12)24(27)28/h2-5,10,15-16H,6-9H2,1H3. The van der Waals surface area contributed by atoms with Crippen LogP contribution in [0.3, 0.4) is 0 Å². The zero-order valence-corrected chi connectivity index (χ0v) is 18.0. The van der Waals surface area contributed by atoms with Crippen LogP contribution < -0.4 is 0 Å². The SMILES string of the molecule is CC(=O)SC1CC(c2nc(CN=[N+]=[N-])cs2)N(C(=O)OCc2ccc([N+](=O)[O-])cc2)C1. The maximum atomic E-state index is 12.8. The molecule has 2 heterocycles. The van der Waals surface area contributed by atoms with Crippen LogP contribution in [-0.4, -0.2) is 37.8 Å². The summed E-state index contributed by atoms with van der Waals surface area (Å²) in [7, 11) is 0. The van der Waals surface area contributed by atoms with E-state index in [1.807, 2.05) is 0 Å². The van der Waals surface area contributed by atoms with Gasteiger partial charge in [-0.25, -0.2) is 9.78 Å². The van der Waals surface area contributed by atoms with Gasteiger partial charge in [-0.3, -0.25) is 19.8 Å². The van der Waals surface area contributed by atoms with Gasteiger partial charge in [0, 0.05) is 41.1 Å². The Morgan fingerprint density at radius 3 is 2.84 bits per heavy atom. The van der Waals surface area contributed by atoms with E-state index < -0.39 is 11.0 Å². The molecule has 1 fully saturated rings. The summed E-state index contributed by atoms with van der Waals surface area (Å²) in [4.78, 5) is 43.3. The second-order valence-electron chi connectivity index (χ2n) is 6.68. The summed E-state index contributed by atoms with van der Waals surface area (Å²) < 4.78 is 5.42. The lowest BCUT2D eigenvalue weighted by Crippen LogP contribution is -2.32. The number of carbonyl (C=O) groups excluding carboxylic acids is 2. The third-order valence-electron chi connectivity index (χ3n) is 4.49. The fourth-order valence-electron chi connectivity index (χ4n) is 3.15. The number of carbonyl (C=O) groups is 2. The van der Waals surface area contributed by atoms with Crippen molar-refractivity contribution >= 4 is 40.0 Å². The van der Waals surface area contributed by atoms with E-state index in [2.05, 4.69) is 15.0 Å². The molecule has 0 bridgehead atoms. The van der Waals surface area contributed by atoms with Crippen molar-refractivity contribution in [2.45, 2.75) is 37.8 Å². The van der Waals surface area contributed by atoms with Crippen molar-refractivity contribution in [3.8, 4) is 0 Å². The Bertz CT molecular complexity index is 1020. The Labute approximate surface area is 185 Å². The minimum absolute atomic E-state index is 0.0342. The van der Waals surface area contributed by atoms with Crippen LogP contribution in [0.5, 0.6) is 0 Å². The highest BCUT2D eigenvalue weighted by molar-refractivity contribution is 8.14. The smallest absolute Gasteiger partial charge is 0.410 e. The van der Waals surface area contributed by atoms with Gasteiger partial charge in [0.15, 0.2) is 5.12 Å². The number of hydrogen-bond acceptors (Lipinski definition) is 9. The highest BCUT2D eigenvalue weighted by Gasteiger charge is 2.39. The molecule has 0 aliphatic carbocycles. The number of nitro groups is 1. The zero-order chi connectivity index (χ0) is 22.4. The number of nitrogens with zero attached hydrogens (tertiary/aromatic N) is 6. The molecule has 0 spiro atoms. The van der Waals surface area contributed by atoms with Crippen molar-refractivity contribution < 1.29 is 19.2 Å². The molecule has 162 valence electrons. The number of likely N-dealkylation sites (tertiary alicyclic amines) is 1. The van der Waals surface area contributed by atoms with Crippen LogP contribution in [0.1, 0.15) is 35.7 Å². The molecule has 0 saturated carbocycles. The molecule has 1 aromatic carbocycles. The lowest BCUT2D eigenvalue weighted by atomic mass is 10.2. The second-order valence-corrected chi connectivity index (χ2v) is 9.05. The first-order valence-electron chi connectivity index (χ1n) is 9.16. The average molecular weight is 463 g/mol. The zero-order valence-electron chi connectivity index (χ0n) is 16.4. The minimum Gasteiger partial charge on any atom is -0.445 e. The Kier molecular flexibility index (Phi) is 7.45. The molecule has 1 saturated heterocycles. The number of non-ortho nitro benzene ring substituents is 1. The largest absolute Gasteiger partial charge is 0.445 e. The topological polar surface area (TPSA) is 151 Å². The number of azide groups is 1. The number of aromatic nitrogens is 1. The van der Waals surface area contributed by atoms with Crippen molar-refractivity contribution in [3.63, 3.8) is 0 Å². The molecule has 1 aliphatic heterocycles. The van der Waals surface area contributed by atoms with Crippen LogP contribution in [0.15, 0.2) is 34.8 Å². The normalized spacial score (nSPS) is 17.8. The molecule has 2 aromatic rings. The minimum atomic E-state index is -0.554. The fourth-order valence-corrected chi connectivity index (χ4v) is 5.07. The Morgan fingerprint density at radius 1 is 1.45 bits per heavy atom. The summed E-state index contributed by atoms with van der Waals surface area (Å²) in [6.07, 6.45) is -0.00691. The summed E-state index contributed by atoms with van der Waals surface area (Å²) >= 11 is 2.54. The van der Waals surface area contributed by atoms with Crippen LogP contribution >= 0.6 is 23.1 Å². The second kappa shape index (κ2) is 10.2. The summed E-state index contributed by atoms with van der Waals surface area (Å²) in [6, 6.07) is 5.41. The summed E-state index contributed by atoms with van der Waals surface area (Å²) in [5, 5.41) is 16.6. The Balaban J connectivity index is 1.70. The molecule has 2 unspecified atom stereocenters. The van der Waals surface area contributed by atoms with Gasteiger partial charge in [-0.2, -0.15) is 0 Å². The first kappa shape index (κ1) is 22.5. The van der Waals surface area contributed by atoms with Crippen LogP contribution in [0.4, 0.5) is 10.5 Å². The Hall–Kier alpha value is -3.15. The van der Waals surface area contributed by atoms with E-state index >= 15 is 0 Å². The van der Waals surface area contributed by atoms with Crippen molar-refractivity contribution in [2.75, 3.05) is 6.54 Å². The molecule has 31 heavy (non-hydrogen) atoms. The van der Waals surface area contributed by atoms with Gasteiger partial charge in [0.1, 0.15) is 11.6 Å². The molecule has 11 nitrogen and oxygen atoms in total. The van der Waals surface area contributed by atoms with Gasteiger partial charge in [-0.05, 0) is 29.6 Å². The first-order chi connectivity index (χ1) is 14.9. The lowest BCUT2D eigenvalue weighted by Gasteiger charge is -2.22. The summed E-state index contributed by atoms with van der Waals surface area (Å²) in [5.41, 5.74) is 9.66. The number of nitro benzene ring substituents is 1. The predicted octanol–water partition coefficient (Wildman–Crippen LogP) is 4.59. The first-order valence-corrected chi connectivity index (χ1v) is 10.9. The lowest BCUT2D eigenvalue weighted by molar-refractivity contribution is -0.384. The molecule has 2 atom stereocenters. The monoisotopic (exact) mass is 462 g/mol. The van der Waals surface area contributed by atoms with Crippen molar-refractivity contribution in [1.29, 1.82) is 0 Å². The molecule has 13 heteroatoms. The van der Waals surface area contributed by atoms with Gasteiger partial charge < -0.3 is 4.74 Å². The average Bonchev–Trinajstić information content (AvgIpc) is 3.37. The fraction of sp³-hybridized carbons (Fsp3) is 0.389. The van der Waals surface area contributed by atoms with E-state index in [-0.39, 0.29) is 35.2 Å². The molecular weight excluding hydrogens is 444 g/mol. The van der Waals surface area contributed by atoms with E-state index in [1.54, 1.807) is 10.3 Å². The number of thioether (sulfide) groups is 1. The van der Waals surface area contributed by atoms with Gasteiger partial charge in [-0.1, -0.05) is 16.9 Å². The van der Waals surface area contributed by atoms with Gasteiger partial charge in [-0.15, -0.1) is 11.3 Å². The van der Waals surface area contributed by atoms with Crippen LogP contribution in [-0.2, 0) is 22.7 Å². The quantitative estimate of drug-likeness (QED) is 0.192. The van der Waals surface area contributed by atoms with Gasteiger partial charge >= 0.3 is 6.09 Å². The molecule has 1 aromatic heterocycles. The number of rotatable bonds is 7. The molecule has 1 amide bonds. The van der Waals surface area contributed by atoms with E-state index in [0.717, 1.165) is 0 Å². The van der Waals surface area contributed by atoms with Gasteiger partial charge in [0.2, 0.25) is 0 Å². The van der Waals surface area contributed by atoms with E-state index in [9.17, 15) is 19.7 Å². The Morgan fingerprint density at radius 2 is 2.19 bits per heavy atom. The van der Waals surface area contributed by atoms with Gasteiger partial charge in [0.05, 0.1) is 23.2 Å². The molecular formula is C18H18N6O5S2. The maximum absolute atomic E-state index is 12.8. The van der Waals surface area contributed by atoms with E-state index in [1.165, 1.54) is 54.3 Å². The number of hydrogen-bond donors (Lipinski definition) is 0. The summed E-state index contributed by atoms with van der Waals surface area (Å²) in [6.45, 7) is 1.90. The van der Waals surface area contributed by atoms with Crippen LogP contribution in [0.25, 0.3) is 10.4 Å². The van der Waals surface area contributed by atoms with Gasteiger partial charge in [0.25, 0.3) is 5.69 Å². The van der Waals surface area contributed by atoms with E-state index in [0.29, 0.717) is 29.2 Å². The number of thiazole rings is 1. The number of benzene rings is 1. The highest BCUT2D eigenvalue weighted by Crippen LogP contribution is 2.39. The predicted molar refractivity (Wildman–Crippen MR) is 114 cm³/mol. The van der Waals surface area contributed by atoms with Crippen LogP contribution in [0.2, 0.25) is 0 Å². The third kappa shape index (κ3) is 5.94. The van der Waals surface area contributed by atoms with Crippen molar-refractivity contribution in [2.24, 2.45) is 5.11 Å². The number of amides is 1. The van der Waals surface area contributed by atoms with E-state index in [4.69, 9.17) is 10.3 Å². The van der Waals surface area contributed by atoms with Crippen LogP contribution in [0, 0.1) is 10.1 Å². The highest BCUT2D eigenvalue weighted by atomic mass is 32.2. The maximum Gasteiger partial charge on any atom is 0.410 e. The molecule has 0 radical (unpaired) electrons. The van der Waals surface area contributed by atoms with Crippen molar-refractivity contribution in [3.05, 3.63) is 66.5 Å². The molecule has 1 aliphatic rings. The van der Waals surface area contributed by atoms with Crippen molar-refractivity contribution in [1.82, 2.24) is 9.88 Å². The third-order valence-corrected chi connectivity index (χ3v) is 6.49.